The van der Waals surface area contributed by atoms with Crippen molar-refractivity contribution in [3.63, 3.8) is 0 Å². The van der Waals surface area contributed by atoms with Crippen molar-refractivity contribution in [2.45, 2.75) is 19.9 Å². The number of halogens is 1. The van der Waals surface area contributed by atoms with Gasteiger partial charge in [-0.25, -0.2) is 4.39 Å². The second-order valence-corrected chi connectivity index (χ2v) is 3.55. The fourth-order valence-electron chi connectivity index (χ4n) is 1.18. The zero-order valence-electron chi connectivity index (χ0n) is 7.92. The summed E-state index contributed by atoms with van der Waals surface area (Å²) in [7, 11) is 0. The predicted octanol–water partition coefficient (Wildman–Crippen LogP) is 2.06. The molecule has 0 aromatic heterocycles. The fourth-order valence-corrected chi connectivity index (χ4v) is 1.18. The van der Waals surface area contributed by atoms with Crippen molar-refractivity contribution in [2.24, 2.45) is 11.7 Å². The van der Waals surface area contributed by atoms with Crippen molar-refractivity contribution in [2.75, 3.05) is 5.73 Å². The lowest BCUT2D eigenvalue weighted by molar-refractivity contribution is 0.485. The number of hydrogen-bond acceptors (Lipinski definition) is 2. The number of rotatable bonds is 2. The molecule has 0 aliphatic rings. The molecule has 2 nitrogen and oxygen atoms in total. The van der Waals surface area contributed by atoms with Gasteiger partial charge in [-0.15, -0.1) is 0 Å². The van der Waals surface area contributed by atoms with Crippen molar-refractivity contribution in [3.8, 4) is 0 Å². The Kier molecular flexibility index (Phi) is 2.88. The zero-order valence-corrected chi connectivity index (χ0v) is 7.92. The molecule has 1 atom stereocenters. The number of benzene rings is 1. The highest BCUT2D eigenvalue weighted by atomic mass is 19.1. The molecule has 3 heteroatoms. The molecular weight excluding hydrogens is 167 g/mol. The molecule has 0 amide bonds. The van der Waals surface area contributed by atoms with Gasteiger partial charge < -0.3 is 11.5 Å². The van der Waals surface area contributed by atoms with E-state index in [0.29, 0.717) is 11.3 Å². The molecule has 0 radical (unpaired) electrons. The van der Waals surface area contributed by atoms with E-state index in [0.717, 1.165) is 0 Å². The van der Waals surface area contributed by atoms with Gasteiger partial charge in [-0.1, -0.05) is 13.8 Å². The summed E-state index contributed by atoms with van der Waals surface area (Å²) in [5.74, 6) is -0.0771. The van der Waals surface area contributed by atoms with Crippen molar-refractivity contribution in [1.82, 2.24) is 0 Å². The maximum Gasteiger partial charge on any atom is 0.128 e. The van der Waals surface area contributed by atoms with Crippen LogP contribution in [-0.4, -0.2) is 0 Å². The Bertz CT molecular complexity index is 297. The maximum absolute atomic E-state index is 13.2. The number of anilines is 1. The minimum absolute atomic E-state index is 0.205. The average Bonchev–Trinajstić information content (AvgIpc) is 2.08. The lowest BCUT2D eigenvalue weighted by atomic mass is 9.96. The lowest BCUT2D eigenvalue weighted by Gasteiger charge is -2.16. The number of nitrogen functional groups attached to an aromatic ring is 1. The van der Waals surface area contributed by atoms with E-state index in [-0.39, 0.29) is 17.8 Å². The quantitative estimate of drug-likeness (QED) is 0.688. The largest absolute Gasteiger partial charge is 0.399 e. The first-order valence-electron chi connectivity index (χ1n) is 4.33. The molecule has 1 aromatic rings. The third-order valence-corrected chi connectivity index (χ3v) is 2.10. The highest BCUT2D eigenvalue weighted by molar-refractivity contribution is 5.42. The molecule has 0 aliphatic heterocycles. The van der Waals surface area contributed by atoms with Crippen LogP contribution in [0.2, 0.25) is 0 Å². The van der Waals surface area contributed by atoms with Gasteiger partial charge in [-0.2, -0.15) is 0 Å². The Morgan fingerprint density at radius 3 is 2.46 bits per heavy atom. The van der Waals surface area contributed by atoms with E-state index in [9.17, 15) is 4.39 Å². The molecule has 13 heavy (non-hydrogen) atoms. The Hall–Kier alpha value is -1.09. The van der Waals surface area contributed by atoms with Crippen LogP contribution < -0.4 is 11.5 Å². The highest BCUT2D eigenvalue weighted by Crippen LogP contribution is 2.23. The minimum atomic E-state index is -0.288. The van der Waals surface area contributed by atoms with Crippen LogP contribution in [0.15, 0.2) is 18.2 Å². The topological polar surface area (TPSA) is 52.0 Å². The summed E-state index contributed by atoms with van der Waals surface area (Å²) in [6.07, 6.45) is 0. The van der Waals surface area contributed by atoms with Crippen LogP contribution in [0.1, 0.15) is 25.5 Å². The normalized spacial score (nSPS) is 13.3. The molecule has 1 unspecified atom stereocenters. The van der Waals surface area contributed by atoms with Crippen molar-refractivity contribution in [1.29, 1.82) is 0 Å². The van der Waals surface area contributed by atoms with Crippen LogP contribution in [0.5, 0.6) is 0 Å². The van der Waals surface area contributed by atoms with E-state index in [1.54, 1.807) is 6.07 Å². The monoisotopic (exact) mass is 182 g/mol. The first-order valence-corrected chi connectivity index (χ1v) is 4.33. The molecule has 0 saturated carbocycles. The van der Waals surface area contributed by atoms with E-state index < -0.39 is 0 Å². The van der Waals surface area contributed by atoms with E-state index >= 15 is 0 Å². The van der Waals surface area contributed by atoms with Crippen LogP contribution in [0, 0.1) is 11.7 Å². The van der Waals surface area contributed by atoms with Crippen molar-refractivity contribution in [3.05, 3.63) is 29.6 Å². The van der Waals surface area contributed by atoms with Crippen molar-refractivity contribution < 1.29 is 4.39 Å². The molecular formula is C10H15FN2. The zero-order chi connectivity index (χ0) is 10.0. The van der Waals surface area contributed by atoms with E-state index in [1.807, 2.05) is 13.8 Å². The van der Waals surface area contributed by atoms with Gasteiger partial charge in [-0.3, -0.25) is 0 Å². The molecule has 0 bridgehead atoms. The third kappa shape index (κ3) is 2.18. The fraction of sp³-hybridized carbons (Fsp3) is 0.400. The van der Waals surface area contributed by atoms with Gasteiger partial charge in [0.25, 0.3) is 0 Å². The predicted molar refractivity (Wildman–Crippen MR) is 52.6 cm³/mol. The summed E-state index contributed by atoms with van der Waals surface area (Å²) < 4.78 is 13.2. The van der Waals surface area contributed by atoms with Crippen LogP contribution in [0.4, 0.5) is 10.1 Å². The third-order valence-electron chi connectivity index (χ3n) is 2.10. The van der Waals surface area contributed by atoms with Gasteiger partial charge in [0.1, 0.15) is 5.82 Å². The summed E-state index contributed by atoms with van der Waals surface area (Å²) >= 11 is 0. The smallest absolute Gasteiger partial charge is 0.128 e. The summed E-state index contributed by atoms with van der Waals surface area (Å²) in [5.41, 5.74) is 12.4. The summed E-state index contributed by atoms with van der Waals surface area (Å²) in [6.45, 7) is 3.90. The average molecular weight is 182 g/mol. The Balaban J connectivity index is 3.05. The van der Waals surface area contributed by atoms with E-state index in [1.165, 1.54) is 12.1 Å². The highest BCUT2D eigenvalue weighted by Gasteiger charge is 2.14. The van der Waals surface area contributed by atoms with Gasteiger partial charge in [0, 0.05) is 17.3 Å². The molecule has 4 N–H and O–H groups in total. The van der Waals surface area contributed by atoms with Gasteiger partial charge in [0.2, 0.25) is 0 Å². The summed E-state index contributed by atoms with van der Waals surface area (Å²) in [5, 5.41) is 0. The molecule has 0 spiro atoms. The van der Waals surface area contributed by atoms with E-state index in [2.05, 4.69) is 0 Å². The Morgan fingerprint density at radius 1 is 1.31 bits per heavy atom. The molecule has 0 fully saturated rings. The summed E-state index contributed by atoms with van der Waals surface area (Å²) in [4.78, 5) is 0. The Morgan fingerprint density at radius 2 is 1.92 bits per heavy atom. The van der Waals surface area contributed by atoms with Crippen LogP contribution in [0.3, 0.4) is 0 Å². The van der Waals surface area contributed by atoms with Gasteiger partial charge in [0.15, 0.2) is 0 Å². The van der Waals surface area contributed by atoms with Crippen molar-refractivity contribution >= 4 is 5.69 Å². The number of hydrogen-bond donors (Lipinski definition) is 2. The van der Waals surface area contributed by atoms with Gasteiger partial charge in [-0.05, 0) is 24.1 Å². The Labute approximate surface area is 77.7 Å². The van der Waals surface area contributed by atoms with Gasteiger partial charge in [0.05, 0.1) is 0 Å². The van der Waals surface area contributed by atoms with Crippen LogP contribution in [-0.2, 0) is 0 Å². The molecule has 0 saturated heterocycles. The molecule has 0 heterocycles. The first kappa shape index (κ1) is 9.99. The minimum Gasteiger partial charge on any atom is -0.399 e. The standard InChI is InChI=1S/C10H15FN2/c1-6(2)10(13)8-5-7(12)3-4-9(8)11/h3-6,10H,12-13H2,1-2H3. The lowest BCUT2D eigenvalue weighted by Crippen LogP contribution is -2.18. The number of nitrogens with two attached hydrogens (primary N) is 2. The molecule has 1 rings (SSSR count). The SMILES string of the molecule is CC(C)C(N)c1cc(N)ccc1F. The first-order chi connectivity index (χ1) is 6.02. The molecule has 1 aromatic carbocycles. The van der Waals surface area contributed by atoms with E-state index in [4.69, 9.17) is 11.5 Å². The van der Waals surface area contributed by atoms with Gasteiger partial charge >= 0.3 is 0 Å². The molecule has 0 aliphatic carbocycles. The van der Waals surface area contributed by atoms with Crippen LogP contribution in [0.25, 0.3) is 0 Å². The molecule has 72 valence electrons. The second-order valence-electron chi connectivity index (χ2n) is 3.55. The maximum atomic E-state index is 13.2. The van der Waals surface area contributed by atoms with Crippen LogP contribution >= 0.6 is 0 Å². The second kappa shape index (κ2) is 3.75. The summed E-state index contributed by atoms with van der Waals surface area (Å²) in [6, 6.07) is 4.20.